The van der Waals surface area contributed by atoms with Crippen molar-refractivity contribution in [3.8, 4) is 28.5 Å². The second kappa shape index (κ2) is 9.82. The third-order valence-corrected chi connectivity index (χ3v) is 6.29. The topological polar surface area (TPSA) is 62.6 Å². The van der Waals surface area contributed by atoms with Crippen molar-refractivity contribution in [3.05, 3.63) is 66.5 Å². The monoisotopic (exact) mass is 472 g/mol. The quantitative estimate of drug-likeness (QED) is 0.234. The van der Waals surface area contributed by atoms with E-state index in [0.29, 0.717) is 22.2 Å². The minimum atomic E-state index is -0.388. The summed E-state index contributed by atoms with van der Waals surface area (Å²) in [4.78, 5) is 6.79. The zero-order valence-corrected chi connectivity index (χ0v) is 20.1. The van der Waals surface area contributed by atoms with Gasteiger partial charge in [0.05, 0.1) is 5.56 Å². The van der Waals surface area contributed by atoms with Gasteiger partial charge in [-0.05, 0) is 61.4 Å². The van der Waals surface area contributed by atoms with Gasteiger partial charge in [0.2, 0.25) is 5.89 Å². The van der Waals surface area contributed by atoms with Gasteiger partial charge in [-0.3, -0.25) is 0 Å². The first-order valence-electron chi connectivity index (χ1n) is 12.2. The number of hydrogen-bond acceptors (Lipinski definition) is 5. The lowest BCUT2D eigenvalue weighted by molar-refractivity contribution is 0.473. The third kappa shape index (κ3) is 4.74. The van der Waals surface area contributed by atoms with Crippen LogP contribution in [-0.4, -0.2) is 23.2 Å². The molecule has 5 aromatic rings. The molecular weight excluding hydrogens is 443 g/mol. The maximum Gasteiger partial charge on any atom is 0.231 e. The summed E-state index contributed by atoms with van der Waals surface area (Å²) in [6.07, 6.45) is 4.70. The lowest BCUT2D eigenvalue weighted by Crippen LogP contribution is -2.25. The van der Waals surface area contributed by atoms with Gasteiger partial charge >= 0.3 is 0 Å². The van der Waals surface area contributed by atoms with Crippen molar-refractivity contribution in [1.29, 1.82) is 0 Å². The maximum atomic E-state index is 13.5. The Kier molecular flexibility index (Phi) is 6.45. The van der Waals surface area contributed by atoms with Gasteiger partial charge in [0.1, 0.15) is 28.4 Å². The van der Waals surface area contributed by atoms with Crippen LogP contribution in [0.5, 0.6) is 5.75 Å². The van der Waals surface area contributed by atoms with Gasteiger partial charge in [-0.1, -0.05) is 26.7 Å². The first-order chi connectivity index (χ1) is 17.1. The van der Waals surface area contributed by atoms with E-state index < -0.39 is 0 Å². The summed E-state index contributed by atoms with van der Waals surface area (Å²) in [6, 6.07) is 17.9. The van der Waals surface area contributed by atoms with E-state index in [1.807, 2.05) is 6.07 Å². The van der Waals surface area contributed by atoms with Crippen LogP contribution in [0.4, 0.5) is 10.1 Å². The number of benzene rings is 3. The number of halogens is 1. The van der Waals surface area contributed by atoms with E-state index in [2.05, 4.69) is 48.0 Å². The number of phenolic OH excluding ortho intramolecular Hbond substituents is 1. The molecule has 0 aliphatic carbocycles. The number of unbranched alkanes of at least 4 members (excludes halogenated alkanes) is 2. The highest BCUT2D eigenvalue weighted by molar-refractivity contribution is 5.90. The van der Waals surface area contributed by atoms with Crippen molar-refractivity contribution >= 4 is 27.8 Å². The highest BCUT2D eigenvalue weighted by atomic mass is 19.1. The normalized spacial score (nSPS) is 11.5. The van der Waals surface area contributed by atoms with Crippen LogP contribution >= 0.6 is 0 Å². The molecule has 5 rings (SSSR count). The van der Waals surface area contributed by atoms with Crippen LogP contribution in [0.25, 0.3) is 44.8 Å². The Hall–Kier alpha value is -3.80. The van der Waals surface area contributed by atoms with Crippen LogP contribution in [-0.2, 0) is 0 Å². The summed E-state index contributed by atoms with van der Waals surface area (Å²) in [7, 11) is 0. The number of rotatable bonds is 9. The smallest absolute Gasteiger partial charge is 0.231 e. The molecule has 0 aliphatic heterocycles. The van der Waals surface area contributed by atoms with Crippen LogP contribution in [0.2, 0.25) is 0 Å². The minimum Gasteiger partial charge on any atom is -0.507 e. The Morgan fingerprint density at radius 3 is 2.31 bits per heavy atom. The Bertz CT molecular complexity index is 1440. The number of fused-ring (bicyclic) bond motifs is 2. The number of oxazole rings is 1. The number of phenols is 1. The van der Waals surface area contributed by atoms with Crippen molar-refractivity contribution in [3.63, 3.8) is 0 Å². The summed E-state index contributed by atoms with van der Waals surface area (Å²) >= 11 is 0. The fourth-order valence-corrected chi connectivity index (χ4v) is 4.31. The molecule has 0 fully saturated rings. The molecule has 1 N–H and O–H groups in total. The molecule has 2 aromatic heterocycles. The molecule has 0 bridgehead atoms. The van der Waals surface area contributed by atoms with Crippen LogP contribution in [0.15, 0.2) is 69.5 Å². The summed E-state index contributed by atoms with van der Waals surface area (Å²) in [6.45, 7) is 6.56. The Morgan fingerprint density at radius 1 is 0.857 bits per heavy atom. The largest absolute Gasteiger partial charge is 0.507 e. The van der Waals surface area contributed by atoms with Crippen LogP contribution in [0, 0.1) is 5.82 Å². The first-order valence-corrected chi connectivity index (χ1v) is 12.2. The Balaban J connectivity index is 1.44. The maximum absolute atomic E-state index is 13.5. The summed E-state index contributed by atoms with van der Waals surface area (Å²) < 4.78 is 25.3. The molecule has 0 unspecified atom stereocenters. The second-order valence-corrected chi connectivity index (χ2v) is 8.89. The van der Waals surface area contributed by atoms with Crippen LogP contribution < -0.4 is 4.90 Å². The van der Waals surface area contributed by atoms with Gasteiger partial charge in [0.15, 0.2) is 5.58 Å². The SMILES string of the molecule is CCCCN(CCCC)c1ccc(-c2cc3cc(-c4nc5cc(F)ccc5o4)c(O)cc3o2)cc1. The molecule has 2 heterocycles. The van der Waals surface area contributed by atoms with Gasteiger partial charge in [-0.15, -0.1) is 0 Å². The van der Waals surface area contributed by atoms with Gasteiger partial charge in [0.25, 0.3) is 0 Å². The third-order valence-electron chi connectivity index (χ3n) is 6.29. The number of nitrogens with zero attached hydrogens (tertiary/aromatic N) is 2. The summed E-state index contributed by atoms with van der Waals surface area (Å²) in [5.74, 6) is 0.553. The zero-order valence-electron chi connectivity index (χ0n) is 20.1. The van der Waals surface area contributed by atoms with Gasteiger partial charge in [-0.2, -0.15) is 0 Å². The molecule has 0 spiro atoms. The lowest BCUT2D eigenvalue weighted by Gasteiger charge is -2.24. The van der Waals surface area contributed by atoms with Crippen LogP contribution in [0.1, 0.15) is 39.5 Å². The molecule has 0 atom stereocenters. The molecule has 0 radical (unpaired) electrons. The number of hydrogen-bond donors (Lipinski definition) is 1. The van der Waals surface area contributed by atoms with Crippen molar-refractivity contribution in [1.82, 2.24) is 4.98 Å². The van der Waals surface area contributed by atoms with E-state index in [1.54, 1.807) is 12.1 Å². The van der Waals surface area contributed by atoms with E-state index in [-0.39, 0.29) is 17.5 Å². The van der Waals surface area contributed by atoms with Crippen molar-refractivity contribution in [2.24, 2.45) is 0 Å². The number of anilines is 1. The van der Waals surface area contributed by atoms with E-state index in [4.69, 9.17) is 8.83 Å². The summed E-state index contributed by atoms with van der Waals surface area (Å²) in [5.41, 5.74) is 4.05. The van der Waals surface area contributed by atoms with E-state index in [0.717, 1.165) is 29.8 Å². The van der Waals surface area contributed by atoms with Crippen molar-refractivity contribution in [2.45, 2.75) is 39.5 Å². The molecular formula is C29H29FN2O3. The van der Waals surface area contributed by atoms with Gasteiger partial charge in [0, 0.05) is 41.9 Å². The zero-order chi connectivity index (χ0) is 24.4. The average Bonchev–Trinajstić information content (AvgIpc) is 3.47. The number of aromatic hydroxyl groups is 1. The van der Waals surface area contributed by atoms with Crippen molar-refractivity contribution < 1.29 is 18.3 Å². The first kappa shape index (κ1) is 23.0. The molecule has 0 aliphatic rings. The van der Waals surface area contributed by atoms with E-state index >= 15 is 0 Å². The second-order valence-electron chi connectivity index (χ2n) is 8.89. The highest BCUT2D eigenvalue weighted by Gasteiger charge is 2.17. The fraction of sp³-hybridized carbons (Fsp3) is 0.276. The molecule has 3 aromatic carbocycles. The highest BCUT2D eigenvalue weighted by Crippen LogP contribution is 2.38. The molecule has 35 heavy (non-hydrogen) atoms. The molecule has 180 valence electrons. The number of furan rings is 1. The van der Waals surface area contributed by atoms with Gasteiger partial charge < -0.3 is 18.8 Å². The van der Waals surface area contributed by atoms with E-state index in [9.17, 15) is 9.50 Å². The Labute approximate surface area is 203 Å². The average molecular weight is 473 g/mol. The number of aromatic nitrogens is 1. The molecule has 0 saturated heterocycles. The van der Waals surface area contributed by atoms with E-state index in [1.165, 1.54) is 49.6 Å². The molecule has 0 saturated carbocycles. The predicted molar refractivity (Wildman–Crippen MR) is 138 cm³/mol. The molecule has 5 nitrogen and oxygen atoms in total. The lowest BCUT2D eigenvalue weighted by atomic mass is 10.1. The predicted octanol–water partition coefficient (Wildman–Crippen LogP) is 8.16. The van der Waals surface area contributed by atoms with Gasteiger partial charge in [-0.25, -0.2) is 9.37 Å². The minimum absolute atomic E-state index is 0.0109. The van der Waals surface area contributed by atoms with Crippen molar-refractivity contribution in [2.75, 3.05) is 18.0 Å². The fourth-order valence-electron chi connectivity index (χ4n) is 4.31. The van der Waals surface area contributed by atoms with Crippen LogP contribution in [0.3, 0.4) is 0 Å². The standard InChI is InChI=1S/C29H29FN2O3/c1-3-5-13-32(14-6-4-2)22-10-7-19(8-11-22)27-16-20-15-23(25(33)18-28(20)34-27)29-31-24-17-21(30)9-12-26(24)35-29/h7-12,15-18,33H,3-6,13-14H2,1-2H3. The molecule has 0 amide bonds. The summed E-state index contributed by atoms with van der Waals surface area (Å²) in [5, 5.41) is 11.4. The Morgan fingerprint density at radius 2 is 1.60 bits per heavy atom. The molecule has 6 heteroatoms.